The number of carbonyl (C=O) groups excluding carboxylic acids is 8. The second-order valence-electron chi connectivity index (χ2n) is 17.3. The predicted molar refractivity (Wildman–Crippen MR) is 269 cm³/mol. The summed E-state index contributed by atoms with van der Waals surface area (Å²) >= 11 is 0. The van der Waals surface area contributed by atoms with Gasteiger partial charge in [0, 0.05) is 26.1 Å². The Bertz CT molecular complexity index is 2090. The fraction of sp³-hybridized carbons (Fsp3) is 0.587. The van der Waals surface area contributed by atoms with Crippen molar-refractivity contribution in [1.82, 2.24) is 42.1 Å². The summed E-state index contributed by atoms with van der Waals surface area (Å²) in [5.74, 6) is -8.40. The van der Waals surface area contributed by atoms with Gasteiger partial charge >= 0.3 is 5.97 Å². The molecule has 1 saturated heterocycles. The van der Waals surface area contributed by atoms with Crippen LogP contribution in [0.15, 0.2) is 47.1 Å². The van der Waals surface area contributed by atoms with Gasteiger partial charge in [-0.25, -0.2) is 9.79 Å². The normalized spacial score (nSPS) is 16.1. The quantitative estimate of drug-likeness (QED) is 0.0135. The largest absolute Gasteiger partial charge is 0.477 e. The molecule has 0 radical (unpaired) electrons. The fourth-order valence-electron chi connectivity index (χ4n) is 7.37. The molecule has 1 fully saturated rings. The van der Waals surface area contributed by atoms with Gasteiger partial charge in [0.2, 0.25) is 35.4 Å². The maximum atomic E-state index is 14.2. The van der Waals surface area contributed by atoms with E-state index in [0.717, 1.165) is 0 Å². The molecule has 0 spiro atoms. The van der Waals surface area contributed by atoms with E-state index in [1.54, 1.807) is 30.3 Å². The first-order valence-corrected chi connectivity index (χ1v) is 24.3. The number of nitrogens with two attached hydrogens (primary N) is 6. The van der Waals surface area contributed by atoms with E-state index in [-0.39, 0.29) is 82.8 Å². The first-order chi connectivity index (χ1) is 34.8. The van der Waals surface area contributed by atoms with Crippen LogP contribution in [-0.2, 0) is 49.6 Å². The molecule has 0 unspecified atom stereocenters. The minimum absolute atomic E-state index is 0.0527. The van der Waals surface area contributed by atoms with Crippen molar-refractivity contribution < 1.29 is 53.4 Å². The van der Waals surface area contributed by atoms with Crippen LogP contribution in [0.5, 0.6) is 0 Å². The number of likely N-dealkylation sites (tertiary alicyclic amines) is 1. The van der Waals surface area contributed by atoms with Gasteiger partial charge in [0.25, 0.3) is 11.8 Å². The molecule has 1 aliphatic heterocycles. The lowest BCUT2D eigenvalue weighted by Gasteiger charge is -2.28. The van der Waals surface area contributed by atoms with E-state index in [0.29, 0.717) is 44.2 Å². The van der Waals surface area contributed by atoms with Crippen LogP contribution in [0.2, 0.25) is 0 Å². The third-order valence-electron chi connectivity index (χ3n) is 11.4. The van der Waals surface area contributed by atoms with E-state index in [1.165, 1.54) is 17.9 Å². The van der Waals surface area contributed by atoms with E-state index in [4.69, 9.17) is 39.8 Å². The molecule has 1 aliphatic rings. The molecule has 0 aromatic heterocycles. The maximum absolute atomic E-state index is 14.2. The zero-order chi connectivity index (χ0) is 54.5. The van der Waals surface area contributed by atoms with E-state index in [2.05, 4.69) is 42.2 Å². The highest BCUT2D eigenvalue weighted by Crippen LogP contribution is 2.20. The van der Waals surface area contributed by atoms with Crippen LogP contribution in [0.4, 0.5) is 0 Å². The number of hydrogen-bond donors (Lipinski definition) is 16. The molecule has 0 saturated carbocycles. The third kappa shape index (κ3) is 22.6. The molecule has 27 heteroatoms. The second kappa shape index (κ2) is 33.7. The lowest BCUT2D eigenvalue weighted by molar-refractivity contribution is -0.137. The molecule has 8 amide bonds. The van der Waals surface area contributed by atoms with Crippen molar-refractivity contribution >= 4 is 64.9 Å². The van der Waals surface area contributed by atoms with Gasteiger partial charge in [0.05, 0.1) is 18.7 Å². The number of nitrogens with zero attached hydrogens (tertiary/aromatic N) is 2. The average Bonchev–Trinajstić information content (AvgIpc) is 3.86. The van der Waals surface area contributed by atoms with Crippen molar-refractivity contribution in [1.29, 1.82) is 5.41 Å². The number of aliphatic hydroxyl groups is 1. The van der Waals surface area contributed by atoms with Crippen molar-refractivity contribution in [3.8, 4) is 0 Å². The minimum atomic E-state index is -1.57. The van der Waals surface area contributed by atoms with Gasteiger partial charge in [-0.15, -0.1) is 0 Å². The van der Waals surface area contributed by atoms with Crippen molar-refractivity contribution in [3.05, 3.63) is 47.7 Å². The molecule has 7 atom stereocenters. The molecule has 2 rings (SSSR count). The van der Waals surface area contributed by atoms with E-state index in [9.17, 15) is 53.4 Å². The third-order valence-corrected chi connectivity index (χ3v) is 11.4. The van der Waals surface area contributed by atoms with Crippen LogP contribution in [0.25, 0.3) is 0 Å². The molecule has 1 aromatic carbocycles. The number of aliphatic imine (C=N–C) groups is 1. The minimum Gasteiger partial charge on any atom is -0.477 e. The lowest BCUT2D eigenvalue weighted by atomic mass is 10.0. The number of carboxylic acids is 1. The lowest BCUT2D eigenvalue weighted by Crippen LogP contribution is -2.60. The first-order valence-electron chi connectivity index (χ1n) is 24.3. The fourth-order valence-corrected chi connectivity index (χ4v) is 7.37. The van der Waals surface area contributed by atoms with Gasteiger partial charge in [0.15, 0.2) is 5.96 Å². The highest BCUT2D eigenvalue weighted by atomic mass is 16.4. The molecule has 1 aromatic rings. The van der Waals surface area contributed by atoms with Crippen LogP contribution in [0.3, 0.4) is 0 Å². The number of rotatable bonds is 33. The highest BCUT2D eigenvalue weighted by molar-refractivity contribution is 6.40. The number of nitrogens with one attached hydrogen (secondary N) is 8. The summed E-state index contributed by atoms with van der Waals surface area (Å²) < 4.78 is 0. The summed E-state index contributed by atoms with van der Waals surface area (Å²) in [7, 11) is 0. The number of benzene rings is 1. The van der Waals surface area contributed by atoms with Gasteiger partial charge < -0.3 is 86.7 Å². The standard InChI is InChI=1S/C46H76N16O11/c1-27(56-43(70)37(35(63)25-50)61-39(66)29(51)14-5-7-19-47)38(65)55-26-36(64)57-31(16-9-21-49)44(71)62-23-11-18-34(62)42(69)60-33(24-28-12-3-2-4-13-28)41(68)58-30(15-6-8-20-48)40(67)59-32(45(72)73)17-10-22-54-46(52)53/h2-4,12-13,17,27,29-30,33-35,37,63H,5-11,14-16,18-26,47-51H2,1H3,(H,55,65)(H,56,70)(H,58,68)(H,59,67)(H,60,69)(H,61,66)(H,72,73)(H4,52,53,54)/b32-17-,57-31+/t27-,29-,30-,33-,34-,35-,37-/m0/s1. The van der Waals surface area contributed by atoms with Gasteiger partial charge in [-0.2, -0.15) is 0 Å². The van der Waals surface area contributed by atoms with Crippen molar-refractivity contribution in [3.63, 3.8) is 0 Å². The molecule has 73 heavy (non-hydrogen) atoms. The van der Waals surface area contributed by atoms with Crippen LogP contribution >= 0.6 is 0 Å². The Morgan fingerprint density at radius 1 is 0.808 bits per heavy atom. The second-order valence-corrected chi connectivity index (χ2v) is 17.3. The number of amides is 8. The summed E-state index contributed by atoms with van der Waals surface area (Å²) in [6, 6.07) is 1.06. The molecule has 0 aliphatic carbocycles. The number of aliphatic carboxylic acids is 1. The van der Waals surface area contributed by atoms with Gasteiger partial charge in [-0.3, -0.25) is 43.8 Å². The van der Waals surface area contributed by atoms with E-state index in [1.807, 2.05) is 0 Å². The summed E-state index contributed by atoms with van der Waals surface area (Å²) in [5, 5.41) is 44.8. The first kappa shape index (κ1) is 62.2. The Morgan fingerprint density at radius 3 is 2.08 bits per heavy atom. The topological polar surface area (TPSA) is 474 Å². The number of hydrogen-bond acceptors (Lipinski definition) is 16. The van der Waals surface area contributed by atoms with Crippen LogP contribution in [0.1, 0.15) is 83.1 Å². The molecule has 1 heterocycles. The Balaban J connectivity index is 2.27. The van der Waals surface area contributed by atoms with Crippen molar-refractivity contribution in [2.24, 2.45) is 39.4 Å². The number of aliphatic hydroxyl groups excluding tert-OH is 1. The monoisotopic (exact) mass is 1030 g/mol. The zero-order valence-electron chi connectivity index (χ0n) is 41.4. The van der Waals surface area contributed by atoms with Gasteiger partial charge in [-0.05, 0) is 96.3 Å². The molecule has 0 bridgehead atoms. The number of carbonyl (C=O) groups is 9. The number of carboxylic acid groups (broad SMARTS) is 1. The summed E-state index contributed by atoms with van der Waals surface area (Å²) in [5.41, 5.74) is 33.6. The Hall–Kier alpha value is -6.91. The van der Waals surface area contributed by atoms with E-state index < -0.39 is 114 Å². The Morgan fingerprint density at radius 2 is 1.47 bits per heavy atom. The van der Waals surface area contributed by atoms with Crippen molar-refractivity contribution in [2.75, 3.05) is 45.8 Å². The predicted octanol–water partition coefficient (Wildman–Crippen LogP) is -5.14. The number of unbranched alkanes of at least 4 members (excludes halogenated alkanes) is 2. The van der Waals surface area contributed by atoms with Crippen LogP contribution in [-0.4, -0.2) is 168 Å². The van der Waals surface area contributed by atoms with Crippen LogP contribution < -0.4 is 71.6 Å². The molecular formula is C46H76N16O11. The average molecular weight is 1030 g/mol. The maximum Gasteiger partial charge on any atom is 0.352 e. The summed E-state index contributed by atoms with van der Waals surface area (Å²) in [6.45, 7) is 1.10. The van der Waals surface area contributed by atoms with Crippen molar-refractivity contribution in [2.45, 2.75) is 126 Å². The molecule has 406 valence electrons. The summed E-state index contributed by atoms with van der Waals surface area (Å²) in [4.78, 5) is 125. The smallest absolute Gasteiger partial charge is 0.352 e. The van der Waals surface area contributed by atoms with Gasteiger partial charge in [0.1, 0.15) is 41.6 Å². The Labute approximate surface area is 424 Å². The van der Waals surface area contributed by atoms with Crippen LogP contribution in [0, 0.1) is 5.41 Å². The SMILES string of the molecule is C[C@H](NC(=O)[C@@H](NC(=O)[C@@H](N)CCCCN)[C@@H](O)CN)C(=O)NCC(=O)/N=C(\CCCN)C(=O)N1CCC[C@H]1C(=O)N[C@@H](Cc1ccccc1)C(=O)N[C@@H](CCCCN)C(=O)N/C(=C\CCNC(=N)N)C(=O)O. The summed E-state index contributed by atoms with van der Waals surface area (Å²) in [6.07, 6.45) is 2.70. The highest BCUT2D eigenvalue weighted by Gasteiger charge is 2.38. The van der Waals surface area contributed by atoms with E-state index >= 15 is 0 Å². The molecular weight excluding hydrogens is 953 g/mol. The zero-order valence-corrected chi connectivity index (χ0v) is 41.4. The molecule has 22 N–H and O–H groups in total. The number of guanidine groups is 1. The molecule has 27 nitrogen and oxygen atoms in total. The Kier molecular flexibility index (Phi) is 28.7. The van der Waals surface area contributed by atoms with Gasteiger partial charge in [-0.1, -0.05) is 42.8 Å².